The van der Waals surface area contributed by atoms with Gasteiger partial charge in [0.2, 0.25) is 0 Å². The minimum Gasteiger partial charge on any atom is -0.457 e. The van der Waals surface area contributed by atoms with E-state index < -0.39 is 24.3 Å². The summed E-state index contributed by atoms with van der Waals surface area (Å²) < 4.78 is 10.3. The highest BCUT2D eigenvalue weighted by Crippen LogP contribution is 2.24. The molecule has 200 valence electrons. The number of halogens is 2. The van der Waals surface area contributed by atoms with E-state index in [0.717, 1.165) is 0 Å². The number of hydrogen-bond acceptors (Lipinski definition) is 7. The number of carbonyl (C=O) groups is 5. The lowest BCUT2D eigenvalue weighted by Gasteiger charge is -2.13. The number of ether oxygens (including phenoxy) is 2. The van der Waals surface area contributed by atoms with Crippen LogP contribution in [0.2, 0.25) is 10.0 Å². The minimum atomic E-state index is -0.634. The Kier molecular flexibility index (Phi) is 9.11. The minimum absolute atomic E-state index is 0.110. The van der Waals surface area contributed by atoms with Gasteiger partial charge in [-0.25, -0.2) is 4.79 Å². The Hall–Kier alpha value is -4.01. The van der Waals surface area contributed by atoms with Gasteiger partial charge >= 0.3 is 11.9 Å². The van der Waals surface area contributed by atoms with E-state index in [2.05, 4.69) is 0 Å². The van der Waals surface area contributed by atoms with Gasteiger partial charge in [-0.15, -0.1) is 0 Å². The summed E-state index contributed by atoms with van der Waals surface area (Å²) in [5.41, 5.74) is 1.34. The monoisotopic (exact) mass is 567 g/mol. The van der Waals surface area contributed by atoms with Crippen LogP contribution in [0.25, 0.3) is 0 Å². The summed E-state index contributed by atoms with van der Waals surface area (Å²) in [5.74, 6) is -1.93. The Morgan fingerprint density at radius 3 is 2.03 bits per heavy atom. The van der Waals surface area contributed by atoms with Crippen molar-refractivity contribution in [2.24, 2.45) is 0 Å². The molecule has 1 aliphatic rings. The van der Waals surface area contributed by atoms with E-state index in [0.29, 0.717) is 35.4 Å². The zero-order chi connectivity index (χ0) is 27.9. The average molecular weight is 568 g/mol. The summed E-state index contributed by atoms with van der Waals surface area (Å²) in [6.45, 7) is -0.144. The fourth-order valence-corrected chi connectivity index (χ4v) is 4.26. The summed E-state index contributed by atoms with van der Waals surface area (Å²) in [5, 5.41) is 0.541. The van der Waals surface area contributed by atoms with Gasteiger partial charge in [0, 0.05) is 18.5 Å². The van der Waals surface area contributed by atoms with Crippen molar-refractivity contribution in [3.8, 4) is 5.75 Å². The molecular formula is C29H23Cl2NO7. The number of esters is 2. The molecule has 10 heteroatoms. The molecule has 3 aromatic rings. The number of amides is 2. The van der Waals surface area contributed by atoms with Crippen molar-refractivity contribution in [3.05, 3.63) is 99.0 Å². The largest absolute Gasteiger partial charge is 0.457 e. The number of hydrogen-bond donors (Lipinski definition) is 0. The van der Waals surface area contributed by atoms with Gasteiger partial charge in [0.25, 0.3) is 11.8 Å². The van der Waals surface area contributed by atoms with Crippen molar-refractivity contribution >= 4 is 52.7 Å². The predicted molar refractivity (Wildman–Crippen MR) is 143 cm³/mol. The van der Waals surface area contributed by atoms with Gasteiger partial charge in [-0.3, -0.25) is 24.1 Å². The average Bonchev–Trinajstić information content (AvgIpc) is 3.18. The van der Waals surface area contributed by atoms with Crippen molar-refractivity contribution in [2.45, 2.75) is 25.7 Å². The highest BCUT2D eigenvalue weighted by Gasteiger charge is 2.34. The molecule has 0 bridgehead atoms. The molecule has 39 heavy (non-hydrogen) atoms. The van der Waals surface area contributed by atoms with Crippen molar-refractivity contribution in [3.63, 3.8) is 0 Å². The van der Waals surface area contributed by atoms with Crippen molar-refractivity contribution in [2.75, 3.05) is 13.2 Å². The third-order valence-corrected chi connectivity index (χ3v) is 6.79. The van der Waals surface area contributed by atoms with Gasteiger partial charge in [0.05, 0.1) is 26.7 Å². The first-order valence-electron chi connectivity index (χ1n) is 12.2. The molecule has 2 amide bonds. The Morgan fingerprint density at radius 2 is 1.38 bits per heavy atom. The third kappa shape index (κ3) is 6.90. The molecule has 0 fully saturated rings. The second kappa shape index (κ2) is 12.7. The molecule has 8 nitrogen and oxygen atoms in total. The quantitative estimate of drug-likeness (QED) is 0.0947. The van der Waals surface area contributed by atoms with Crippen molar-refractivity contribution in [1.82, 2.24) is 4.90 Å². The second-order valence-corrected chi connectivity index (χ2v) is 9.56. The number of ketones is 1. The van der Waals surface area contributed by atoms with E-state index in [1.54, 1.807) is 24.3 Å². The van der Waals surface area contributed by atoms with Crippen LogP contribution in [0.3, 0.4) is 0 Å². The predicted octanol–water partition coefficient (Wildman–Crippen LogP) is 5.80. The van der Waals surface area contributed by atoms with Crippen LogP contribution in [-0.4, -0.2) is 47.6 Å². The number of nitrogens with zero attached hydrogens (tertiary/aromatic N) is 1. The van der Waals surface area contributed by atoms with E-state index in [-0.39, 0.29) is 46.7 Å². The molecule has 0 radical (unpaired) electrons. The van der Waals surface area contributed by atoms with E-state index in [1.165, 1.54) is 47.4 Å². The van der Waals surface area contributed by atoms with Crippen molar-refractivity contribution in [1.29, 1.82) is 0 Å². The number of fused-ring (bicyclic) bond motifs is 1. The maximum absolute atomic E-state index is 12.4. The van der Waals surface area contributed by atoms with E-state index in [4.69, 9.17) is 32.7 Å². The fourth-order valence-electron chi connectivity index (χ4n) is 3.96. The molecule has 0 aliphatic carbocycles. The molecule has 3 aromatic carbocycles. The van der Waals surface area contributed by atoms with Gasteiger partial charge in [0.1, 0.15) is 5.75 Å². The Labute approximate surface area is 234 Å². The smallest absolute Gasteiger partial charge is 0.343 e. The van der Waals surface area contributed by atoms with Gasteiger partial charge in [-0.05, 0) is 67.4 Å². The van der Waals surface area contributed by atoms with Gasteiger partial charge in [-0.2, -0.15) is 0 Å². The molecule has 0 unspecified atom stereocenters. The summed E-state index contributed by atoms with van der Waals surface area (Å²) in [7, 11) is 0. The van der Waals surface area contributed by atoms with E-state index >= 15 is 0 Å². The molecule has 4 rings (SSSR count). The van der Waals surface area contributed by atoms with Crippen LogP contribution >= 0.6 is 23.2 Å². The molecule has 0 atom stereocenters. The fraction of sp³-hybridized carbons (Fsp3) is 0.207. The summed E-state index contributed by atoms with van der Waals surface area (Å²) in [4.78, 5) is 62.6. The lowest BCUT2D eigenvalue weighted by Crippen LogP contribution is -2.30. The number of benzene rings is 3. The van der Waals surface area contributed by atoms with Crippen LogP contribution in [-0.2, 0) is 9.53 Å². The van der Waals surface area contributed by atoms with E-state index in [9.17, 15) is 24.0 Å². The topological polar surface area (TPSA) is 107 Å². The van der Waals surface area contributed by atoms with Gasteiger partial charge in [0.15, 0.2) is 12.4 Å². The molecule has 0 aromatic heterocycles. The first-order valence-corrected chi connectivity index (χ1v) is 12.9. The lowest BCUT2D eigenvalue weighted by atomic mass is 10.1. The third-order valence-electron chi connectivity index (χ3n) is 6.05. The Bertz CT molecular complexity index is 1400. The van der Waals surface area contributed by atoms with Crippen LogP contribution in [0, 0.1) is 0 Å². The zero-order valence-corrected chi connectivity index (χ0v) is 22.2. The highest BCUT2D eigenvalue weighted by molar-refractivity contribution is 6.42. The summed E-state index contributed by atoms with van der Waals surface area (Å²) >= 11 is 11.8. The molecule has 0 spiro atoms. The van der Waals surface area contributed by atoms with E-state index in [1.807, 2.05) is 0 Å². The summed E-state index contributed by atoms with van der Waals surface area (Å²) in [6.07, 6.45) is 1.77. The molecule has 0 saturated heterocycles. The standard InChI is InChI=1S/C29H23Cl2NO7/c30-23-14-11-19(16-24(23)31)29(37)39-20-12-9-18(10-13-20)25(33)17-38-26(34)8-2-1-5-15-32-27(35)21-6-3-4-7-22(21)28(32)36/h3-4,6-7,9-14,16H,1-2,5,8,15,17H2. The number of rotatable bonds is 11. The van der Waals surface area contributed by atoms with Crippen LogP contribution < -0.4 is 4.74 Å². The number of carbonyl (C=O) groups excluding carboxylic acids is 5. The normalized spacial score (nSPS) is 12.3. The van der Waals surface area contributed by atoms with Crippen LogP contribution in [0.4, 0.5) is 0 Å². The number of unbranched alkanes of at least 4 members (excludes halogenated alkanes) is 2. The maximum Gasteiger partial charge on any atom is 0.343 e. The van der Waals surface area contributed by atoms with Crippen LogP contribution in [0.1, 0.15) is 67.1 Å². The molecular weight excluding hydrogens is 545 g/mol. The maximum atomic E-state index is 12.4. The van der Waals surface area contributed by atoms with Crippen LogP contribution in [0.15, 0.2) is 66.7 Å². The lowest BCUT2D eigenvalue weighted by molar-refractivity contribution is -0.142. The second-order valence-electron chi connectivity index (χ2n) is 8.74. The highest BCUT2D eigenvalue weighted by atomic mass is 35.5. The SMILES string of the molecule is O=C(CCCCCN1C(=O)c2ccccc2C1=O)OCC(=O)c1ccc(OC(=O)c2ccc(Cl)c(Cl)c2)cc1. The zero-order valence-electron chi connectivity index (χ0n) is 20.7. The first kappa shape index (κ1) is 28.0. The van der Waals surface area contributed by atoms with Gasteiger partial charge < -0.3 is 9.47 Å². The number of imide groups is 1. The van der Waals surface area contributed by atoms with Gasteiger partial charge in [-0.1, -0.05) is 41.8 Å². The summed E-state index contributed by atoms with van der Waals surface area (Å²) in [6, 6.07) is 16.9. The first-order chi connectivity index (χ1) is 18.7. The molecule has 0 N–H and O–H groups in total. The van der Waals surface area contributed by atoms with Crippen LogP contribution in [0.5, 0.6) is 5.75 Å². The Balaban J connectivity index is 1.14. The Morgan fingerprint density at radius 1 is 0.744 bits per heavy atom. The van der Waals surface area contributed by atoms with Crippen molar-refractivity contribution < 1.29 is 33.4 Å². The molecule has 1 aliphatic heterocycles. The molecule has 0 saturated carbocycles. The molecule has 1 heterocycles. The number of Topliss-reactive ketones (excluding diaryl/α,β-unsaturated/α-hetero) is 1.